The molecule has 0 spiro atoms. The zero-order chi connectivity index (χ0) is 49.2. The number of benzene rings is 6. The van der Waals surface area contributed by atoms with Crippen molar-refractivity contribution in [3.8, 4) is 67.5 Å². The van der Waals surface area contributed by atoms with Crippen LogP contribution < -0.4 is 0 Å². The van der Waals surface area contributed by atoms with Gasteiger partial charge in [0, 0.05) is 31.2 Å². The smallest absolute Gasteiger partial charge is 0.149 e. The van der Waals surface area contributed by atoms with E-state index in [1.54, 1.807) is 18.2 Å². The first-order valence-corrected chi connectivity index (χ1v) is 21.7. The average molecular weight is 822 g/mol. The molecule has 4 nitrogen and oxygen atoms in total. The number of aromatic hydroxyl groups is 1. The summed E-state index contributed by atoms with van der Waals surface area (Å²) in [5.41, 5.74) is 12.1. The molecule has 1 N–H and O–H groups in total. The van der Waals surface area contributed by atoms with Gasteiger partial charge in [-0.25, -0.2) is 4.98 Å². The van der Waals surface area contributed by atoms with Crippen molar-refractivity contribution in [3.05, 3.63) is 167 Å². The third-order valence-electron chi connectivity index (χ3n) is 12.1. The standard InChI is InChI=1S/C58H61N3O/c1-35(2)42-31-49(36(3)4)55(62)51(32-42)56-60-54-48(19-16-20-53(54)61(56)47-27-37(5)38(6)50(34-47)40-17-14-13-15-18-40)43-28-44(30-46(29-43)58(10,11)12)52-33-41(25-26-59-52)39-21-23-45(24-22-39)57(7,8)9/h13-36,62H,1-12H3/i5D3,6D3. The maximum absolute atomic E-state index is 12.3. The van der Waals surface area contributed by atoms with Gasteiger partial charge in [-0.2, -0.15) is 0 Å². The summed E-state index contributed by atoms with van der Waals surface area (Å²) in [6, 6.07) is 41.7. The van der Waals surface area contributed by atoms with Crippen LogP contribution in [0.4, 0.5) is 0 Å². The average Bonchev–Trinajstić information content (AvgIpc) is 3.67. The van der Waals surface area contributed by atoms with Crippen molar-refractivity contribution in [1.82, 2.24) is 14.5 Å². The number of pyridine rings is 1. The number of para-hydroxylation sites is 1. The van der Waals surface area contributed by atoms with Gasteiger partial charge in [0.2, 0.25) is 0 Å². The number of nitrogens with zero attached hydrogens (tertiary/aromatic N) is 3. The van der Waals surface area contributed by atoms with Gasteiger partial charge in [-0.1, -0.05) is 148 Å². The zero-order valence-electron chi connectivity index (χ0n) is 43.6. The van der Waals surface area contributed by atoms with Crippen LogP contribution >= 0.6 is 0 Å². The first kappa shape index (κ1) is 35.3. The molecule has 6 aromatic carbocycles. The number of aromatic nitrogens is 3. The summed E-state index contributed by atoms with van der Waals surface area (Å²) in [6.45, 7) is 16.0. The Balaban J connectivity index is 1.44. The number of phenolic OH excluding ortho intramolecular Hbond substituents is 1. The highest BCUT2D eigenvalue weighted by Crippen LogP contribution is 2.44. The predicted octanol–water partition coefficient (Wildman–Crippen LogP) is 15.9. The van der Waals surface area contributed by atoms with Gasteiger partial charge in [0.15, 0.2) is 0 Å². The molecule has 2 heterocycles. The number of fused-ring (bicyclic) bond motifs is 1. The largest absolute Gasteiger partial charge is 0.507 e. The Kier molecular flexibility index (Phi) is 9.24. The molecule has 0 unspecified atom stereocenters. The molecule has 2 aromatic heterocycles. The number of imidazole rings is 1. The molecule has 62 heavy (non-hydrogen) atoms. The van der Waals surface area contributed by atoms with Crippen LogP contribution in [-0.2, 0) is 10.8 Å². The summed E-state index contributed by atoms with van der Waals surface area (Å²) in [5, 5.41) is 12.3. The van der Waals surface area contributed by atoms with E-state index in [0.29, 0.717) is 33.7 Å². The molecule has 0 bridgehead atoms. The van der Waals surface area contributed by atoms with Gasteiger partial charge in [0.1, 0.15) is 11.6 Å². The summed E-state index contributed by atoms with van der Waals surface area (Å²) >= 11 is 0. The number of hydrogen-bond donors (Lipinski definition) is 1. The molecule has 0 radical (unpaired) electrons. The van der Waals surface area contributed by atoms with Crippen LogP contribution in [0.1, 0.15) is 123 Å². The molecular formula is C58H61N3O. The van der Waals surface area contributed by atoms with E-state index in [-0.39, 0.29) is 45.1 Å². The van der Waals surface area contributed by atoms with Crippen LogP contribution in [0.25, 0.3) is 72.7 Å². The molecule has 0 saturated heterocycles. The van der Waals surface area contributed by atoms with Gasteiger partial charge in [0.25, 0.3) is 0 Å². The van der Waals surface area contributed by atoms with E-state index < -0.39 is 13.7 Å². The lowest BCUT2D eigenvalue weighted by Crippen LogP contribution is -2.11. The first-order valence-electron chi connectivity index (χ1n) is 24.7. The summed E-state index contributed by atoms with van der Waals surface area (Å²) in [6.07, 6.45) is 1.86. The second-order valence-electron chi connectivity index (χ2n) is 19.3. The first-order chi connectivity index (χ1) is 31.8. The maximum atomic E-state index is 12.3. The van der Waals surface area contributed by atoms with E-state index in [4.69, 9.17) is 18.2 Å². The second kappa shape index (κ2) is 16.2. The van der Waals surface area contributed by atoms with Crippen LogP contribution in [0.2, 0.25) is 0 Å². The summed E-state index contributed by atoms with van der Waals surface area (Å²) in [5.74, 6) is 0.557. The topological polar surface area (TPSA) is 50.9 Å². The predicted molar refractivity (Wildman–Crippen MR) is 263 cm³/mol. The fourth-order valence-electron chi connectivity index (χ4n) is 8.29. The van der Waals surface area contributed by atoms with Crippen molar-refractivity contribution in [2.24, 2.45) is 0 Å². The molecule has 0 amide bonds. The maximum Gasteiger partial charge on any atom is 0.149 e. The lowest BCUT2D eigenvalue weighted by molar-refractivity contribution is 0.466. The Morgan fingerprint density at radius 3 is 1.97 bits per heavy atom. The number of phenols is 1. The second-order valence-corrected chi connectivity index (χ2v) is 19.3. The van der Waals surface area contributed by atoms with Crippen LogP contribution in [0.15, 0.2) is 134 Å². The summed E-state index contributed by atoms with van der Waals surface area (Å²) < 4.78 is 54.1. The Bertz CT molecular complexity index is 3160. The van der Waals surface area contributed by atoms with Crippen LogP contribution in [0, 0.1) is 13.7 Å². The van der Waals surface area contributed by atoms with Crippen LogP contribution in [0.3, 0.4) is 0 Å². The Morgan fingerprint density at radius 1 is 0.581 bits per heavy atom. The molecule has 0 aliphatic carbocycles. The van der Waals surface area contributed by atoms with Crippen molar-refractivity contribution >= 4 is 11.0 Å². The third kappa shape index (κ3) is 8.11. The number of hydrogen-bond acceptors (Lipinski definition) is 3. The lowest BCUT2D eigenvalue weighted by Gasteiger charge is -2.22. The molecular weight excluding hydrogens is 755 g/mol. The van der Waals surface area contributed by atoms with Gasteiger partial charge in [-0.05, 0) is 146 Å². The Labute approximate surface area is 377 Å². The molecule has 0 saturated carbocycles. The molecule has 0 aliphatic rings. The fraction of sp³-hybridized carbons (Fsp3) is 0.276. The lowest BCUT2D eigenvalue weighted by atomic mass is 9.83. The van der Waals surface area contributed by atoms with E-state index in [1.807, 2.05) is 79.2 Å². The van der Waals surface area contributed by atoms with E-state index in [9.17, 15) is 5.11 Å². The van der Waals surface area contributed by atoms with E-state index in [0.717, 1.165) is 50.2 Å². The van der Waals surface area contributed by atoms with Crippen molar-refractivity contribution in [3.63, 3.8) is 0 Å². The third-order valence-corrected chi connectivity index (χ3v) is 12.1. The quantitative estimate of drug-likeness (QED) is 0.166. The summed E-state index contributed by atoms with van der Waals surface area (Å²) in [7, 11) is 0. The molecule has 0 aliphatic heterocycles. The monoisotopic (exact) mass is 822 g/mol. The Morgan fingerprint density at radius 2 is 1.31 bits per heavy atom. The van der Waals surface area contributed by atoms with Gasteiger partial charge in [0.05, 0.1) is 22.3 Å². The van der Waals surface area contributed by atoms with E-state index in [2.05, 4.69) is 104 Å². The van der Waals surface area contributed by atoms with E-state index in [1.165, 1.54) is 11.6 Å². The molecule has 0 fully saturated rings. The normalized spacial score (nSPS) is 14.1. The van der Waals surface area contributed by atoms with Gasteiger partial charge >= 0.3 is 0 Å². The fourth-order valence-corrected chi connectivity index (χ4v) is 8.29. The Hall–Kier alpha value is -6.26. The number of rotatable bonds is 8. The van der Waals surface area contributed by atoms with Crippen molar-refractivity contribution in [2.45, 2.75) is 106 Å². The van der Waals surface area contributed by atoms with Crippen molar-refractivity contribution < 1.29 is 13.3 Å². The highest BCUT2D eigenvalue weighted by molar-refractivity contribution is 5.97. The highest BCUT2D eigenvalue weighted by atomic mass is 16.3. The van der Waals surface area contributed by atoms with Crippen molar-refractivity contribution in [1.29, 1.82) is 0 Å². The minimum Gasteiger partial charge on any atom is -0.507 e. The van der Waals surface area contributed by atoms with Gasteiger partial charge < -0.3 is 5.11 Å². The highest BCUT2D eigenvalue weighted by Gasteiger charge is 2.25. The summed E-state index contributed by atoms with van der Waals surface area (Å²) in [4.78, 5) is 10.4. The molecule has 4 heteroatoms. The van der Waals surface area contributed by atoms with Crippen molar-refractivity contribution in [2.75, 3.05) is 0 Å². The van der Waals surface area contributed by atoms with Crippen LogP contribution in [-0.4, -0.2) is 19.6 Å². The number of aryl methyl sites for hydroxylation is 1. The minimum absolute atomic E-state index is 0.0280. The van der Waals surface area contributed by atoms with E-state index >= 15 is 0 Å². The molecule has 8 rings (SSSR count). The molecule has 314 valence electrons. The van der Waals surface area contributed by atoms with Gasteiger partial charge in [-0.15, -0.1) is 0 Å². The van der Waals surface area contributed by atoms with Crippen LogP contribution in [0.5, 0.6) is 5.75 Å². The SMILES string of the molecule is [2H]C([2H])([2H])c1cc(-n2c(-c3cc(C(C)C)cc(C(C)C)c3O)nc3c(-c4cc(-c5cc(-c6ccc(C(C)(C)C)cc6)ccn5)cc(C(C)(C)C)c4)cccc32)cc(-c2ccccc2)c1C([2H])([2H])[2H]. The molecule has 0 atom stereocenters. The zero-order valence-corrected chi connectivity index (χ0v) is 37.6. The van der Waals surface area contributed by atoms with Gasteiger partial charge in [-0.3, -0.25) is 9.55 Å². The minimum atomic E-state index is -2.79. The molecule has 8 aromatic rings.